The van der Waals surface area contributed by atoms with Gasteiger partial charge < -0.3 is 19.3 Å². The molecule has 2 heterocycles. The molecule has 0 fully saturated rings. The summed E-state index contributed by atoms with van der Waals surface area (Å²) in [6.45, 7) is 1.29. The number of unbranched alkanes of at least 4 members (excludes halogenated alkanes) is 1. The van der Waals surface area contributed by atoms with Gasteiger partial charge in [-0.05, 0) is 37.1 Å². The van der Waals surface area contributed by atoms with Crippen LogP contribution in [0.15, 0.2) is 48.5 Å². The zero-order valence-corrected chi connectivity index (χ0v) is 16.4. The Balaban J connectivity index is 1.51. The fraction of sp³-hybridized carbons (Fsp3) is 0.273. The van der Waals surface area contributed by atoms with E-state index in [0.29, 0.717) is 24.7 Å². The lowest BCUT2D eigenvalue weighted by Gasteiger charge is -2.11. The van der Waals surface area contributed by atoms with Crippen molar-refractivity contribution in [2.24, 2.45) is 0 Å². The van der Waals surface area contributed by atoms with Crippen molar-refractivity contribution < 1.29 is 19.8 Å². The number of carbonyl (C=O) groups is 2. The molecular formula is C22H22N4O4. The number of para-hydroxylation sites is 4. The first kappa shape index (κ1) is 19.6. The minimum absolute atomic E-state index is 0.121. The van der Waals surface area contributed by atoms with Crippen LogP contribution < -0.4 is 0 Å². The molecule has 4 rings (SSSR count). The third-order valence-corrected chi connectivity index (χ3v) is 5.10. The van der Waals surface area contributed by atoms with Gasteiger partial charge in [0.1, 0.15) is 24.5 Å². The minimum Gasteiger partial charge on any atom is -0.481 e. The summed E-state index contributed by atoms with van der Waals surface area (Å²) in [6.07, 6.45) is 1.35. The summed E-state index contributed by atoms with van der Waals surface area (Å²) in [4.78, 5) is 31.4. The zero-order valence-electron chi connectivity index (χ0n) is 16.4. The standard InChI is InChI=1S/C22H22N4O4/c27-21(28)13-19-23-15-7-1-3-9-17(15)25(19)11-5-6-12-26-18-10-4-2-8-16(18)24-20(26)14-22(29)30/h1-4,7-10H,5-6,11-14H2,(H,27,28)(H,29,30). The smallest absolute Gasteiger partial charge is 0.311 e. The molecule has 0 unspecified atom stereocenters. The SMILES string of the molecule is O=C(O)Cc1nc2ccccc2n1CCCCn1c(CC(=O)O)nc2ccccc21. The molecule has 0 atom stereocenters. The summed E-state index contributed by atoms with van der Waals surface area (Å²) in [5.41, 5.74) is 3.43. The van der Waals surface area contributed by atoms with Crippen LogP contribution in [0, 0.1) is 0 Å². The maximum atomic E-state index is 11.2. The van der Waals surface area contributed by atoms with Gasteiger partial charge in [0.15, 0.2) is 0 Å². The molecule has 0 radical (unpaired) electrons. The van der Waals surface area contributed by atoms with Crippen LogP contribution in [0.25, 0.3) is 22.1 Å². The van der Waals surface area contributed by atoms with Crippen molar-refractivity contribution in [2.45, 2.75) is 38.8 Å². The van der Waals surface area contributed by atoms with Crippen molar-refractivity contribution in [1.29, 1.82) is 0 Å². The van der Waals surface area contributed by atoms with Gasteiger partial charge in [-0.25, -0.2) is 9.97 Å². The van der Waals surface area contributed by atoms with E-state index in [1.54, 1.807) is 0 Å². The van der Waals surface area contributed by atoms with Crippen LogP contribution in [0.5, 0.6) is 0 Å². The largest absolute Gasteiger partial charge is 0.481 e. The maximum absolute atomic E-state index is 11.2. The molecule has 4 aromatic rings. The molecule has 2 aromatic heterocycles. The van der Waals surface area contributed by atoms with E-state index in [2.05, 4.69) is 9.97 Å². The third-order valence-electron chi connectivity index (χ3n) is 5.10. The Kier molecular flexibility index (Phi) is 5.47. The number of aryl methyl sites for hydroxylation is 2. The Morgan fingerprint density at radius 1 is 0.700 bits per heavy atom. The average molecular weight is 406 g/mol. The van der Waals surface area contributed by atoms with E-state index in [-0.39, 0.29) is 12.8 Å². The summed E-state index contributed by atoms with van der Waals surface area (Å²) in [7, 11) is 0. The van der Waals surface area contributed by atoms with Gasteiger partial charge in [0.2, 0.25) is 0 Å². The van der Waals surface area contributed by atoms with Gasteiger partial charge in [-0.15, -0.1) is 0 Å². The Bertz CT molecular complexity index is 1130. The molecule has 0 aliphatic rings. The van der Waals surface area contributed by atoms with Crippen LogP contribution in [0.3, 0.4) is 0 Å². The Labute approximate surface area is 172 Å². The Morgan fingerprint density at radius 2 is 1.10 bits per heavy atom. The van der Waals surface area contributed by atoms with E-state index in [1.807, 2.05) is 57.7 Å². The topological polar surface area (TPSA) is 110 Å². The van der Waals surface area contributed by atoms with E-state index in [1.165, 1.54) is 0 Å². The second-order valence-electron chi connectivity index (χ2n) is 7.18. The first-order valence-corrected chi connectivity index (χ1v) is 9.85. The summed E-state index contributed by atoms with van der Waals surface area (Å²) >= 11 is 0. The van der Waals surface area contributed by atoms with Crippen LogP contribution in [0.2, 0.25) is 0 Å². The number of carboxylic acid groups (broad SMARTS) is 2. The van der Waals surface area contributed by atoms with Crippen LogP contribution in [0.4, 0.5) is 0 Å². The minimum atomic E-state index is -0.908. The van der Waals surface area contributed by atoms with E-state index in [4.69, 9.17) is 0 Å². The molecule has 0 spiro atoms. The van der Waals surface area contributed by atoms with Crippen molar-refractivity contribution >= 4 is 34.0 Å². The summed E-state index contributed by atoms with van der Waals surface area (Å²) in [5.74, 6) is -0.726. The lowest BCUT2D eigenvalue weighted by atomic mass is 10.2. The van der Waals surface area contributed by atoms with Gasteiger partial charge in [0.25, 0.3) is 0 Å². The highest BCUT2D eigenvalue weighted by atomic mass is 16.4. The predicted octanol–water partition coefficient (Wildman–Crippen LogP) is 3.12. The highest BCUT2D eigenvalue weighted by molar-refractivity contribution is 5.79. The number of rotatable bonds is 9. The van der Waals surface area contributed by atoms with Crippen LogP contribution in [-0.4, -0.2) is 41.3 Å². The number of aliphatic carboxylic acids is 2. The van der Waals surface area contributed by atoms with Gasteiger partial charge in [-0.2, -0.15) is 0 Å². The van der Waals surface area contributed by atoms with Gasteiger partial charge in [0, 0.05) is 13.1 Å². The van der Waals surface area contributed by atoms with Gasteiger partial charge in [0.05, 0.1) is 22.1 Å². The number of carboxylic acids is 2. The fourth-order valence-corrected chi connectivity index (χ4v) is 3.83. The van der Waals surface area contributed by atoms with E-state index < -0.39 is 11.9 Å². The normalized spacial score (nSPS) is 11.3. The van der Waals surface area contributed by atoms with Crippen LogP contribution in [0.1, 0.15) is 24.5 Å². The molecule has 8 nitrogen and oxygen atoms in total. The number of hydrogen-bond acceptors (Lipinski definition) is 4. The average Bonchev–Trinajstić information content (AvgIpc) is 3.22. The highest BCUT2D eigenvalue weighted by Gasteiger charge is 2.15. The number of nitrogens with zero attached hydrogens (tertiary/aromatic N) is 4. The zero-order chi connectivity index (χ0) is 21.1. The van der Waals surface area contributed by atoms with E-state index in [0.717, 1.165) is 34.9 Å². The first-order chi connectivity index (χ1) is 14.5. The van der Waals surface area contributed by atoms with Crippen molar-refractivity contribution in [3.8, 4) is 0 Å². The molecule has 0 saturated carbocycles. The van der Waals surface area contributed by atoms with Crippen LogP contribution >= 0.6 is 0 Å². The molecule has 0 amide bonds. The van der Waals surface area contributed by atoms with Gasteiger partial charge in [-0.3, -0.25) is 9.59 Å². The number of fused-ring (bicyclic) bond motifs is 2. The highest BCUT2D eigenvalue weighted by Crippen LogP contribution is 2.20. The third kappa shape index (κ3) is 4.03. The number of hydrogen-bond donors (Lipinski definition) is 2. The van der Waals surface area contributed by atoms with Crippen molar-refractivity contribution in [2.75, 3.05) is 0 Å². The quantitative estimate of drug-likeness (QED) is 0.413. The predicted molar refractivity (Wildman–Crippen MR) is 111 cm³/mol. The molecule has 2 aromatic carbocycles. The molecule has 30 heavy (non-hydrogen) atoms. The lowest BCUT2D eigenvalue weighted by Crippen LogP contribution is -2.12. The second-order valence-corrected chi connectivity index (χ2v) is 7.18. The molecule has 0 aliphatic carbocycles. The van der Waals surface area contributed by atoms with Crippen LogP contribution in [-0.2, 0) is 35.5 Å². The number of imidazole rings is 2. The Hall–Kier alpha value is -3.68. The number of benzene rings is 2. The second kappa shape index (κ2) is 8.36. The van der Waals surface area contributed by atoms with E-state index in [9.17, 15) is 19.8 Å². The molecule has 0 saturated heterocycles. The molecule has 8 heteroatoms. The lowest BCUT2D eigenvalue weighted by molar-refractivity contribution is -0.137. The van der Waals surface area contributed by atoms with Gasteiger partial charge >= 0.3 is 11.9 Å². The van der Waals surface area contributed by atoms with Crippen molar-refractivity contribution in [1.82, 2.24) is 19.1 Å². The molecule has 0 aliphatic heterocycles. The number of aromatic nitrogens is 4. The molecule has 0 bridgehead atoms. The fourth-order valence-electron chi connectivity index (χ4n) is 3.83. The van der Waals surface area contributed by atoms with E-state index >= 15 is 0 Å². The molecule has 2 N–H and O–H groups in total. The monoisotopic (exact) mass is 406 g/mol. The Morgan fingerprint density at radius 3 is 1.50 bits per heavy atom. The summed E-state index contributed by atoms with van der Waals surface area (Å²) < 4.78 is 3.93. The van der Waals surface area contributed by atoms with Gasteiger partial charge in [-0.1, -0.05) is 24.3 Å². The van der Waals surface area contributed by atoms with Crippen molar-refractivity contribution in [3.63, 3.8) is 0 Å². The van der Waals surface area contributed by atoms with Crippen molar-refractivity contribution in [3.05, 3.63) is 60.2 Å². The summed E-state index contributed by atoms with van der Waals surface area (Å²) in [5, 5.41) is 18.4. The molecular weight excluding hydrogens is 384 g/mol. The maximum Gasteiger partial charge on any atom is 0.311 e. The molecule has 154 valence electrons. The summed E-state index contributed by atoms with van der Waals surface area (Å²) in [6, 6.07) is 15.3. The first-order valence-electron chi connectivity index (χ1n) is 9.85.